The van der Waals surface area contributed by atoms with E-state index in [1.54, 1.807) is 0 Å². The Morgan fingerprint density at radius 1 is 0.870 bits per heavy atom. The van der Waals surface area contributed by atoms with Gasteiger partial charge in [-0.25, -0.2) is 0 Å². The standard InChI is InChI=1S/C20H19IO2/c21-18(15-9-3-1-4-10-15)19(16-11-5-2-6-12-16)23-20(22)17-13-7-8-14-17/h1-6,9-12,17H,7-8,13-14H2/b19-18+. The molecule has 0 atom stereocenters. The summed E-state index contributed by atoms with van der Waals surface area (Å²) in [4.78, 5) is 12.5. The quantitative estimate of drug-likeness (QED) is 0.276. The van der Waals surface area contributed by atoms with Crippen molar-refractivity contribution >= 4 is 37.9 Å². The molecule has 1 aliphatic rings. The zero-order chi connectivity index (χ0) is 16.1. The van der Waals surface area contributed by atoms with Crippen molar-refractivity contribution in [2.45, 2.75) is 25.7 Å². The van der Waals surface area contributed by atoms with Gasteiger partial charge in [0.05, 0.1) is 9.50 Å². The summed E-state index contributed by atoms with van der Waals surface area (Å²) >= 11 is 2.27. The van der Waals surface area contributed by atoms with E-state index >= 15 is 0 Å². The van der Waals surface area contributed by atoms with Gasteiger partial charge in [-0.15, -0.1) is 0 Å². The number of rotatable bonds is 4. The Balaban J connectivity index is 1.95. The van der Waals surface area contributed by atoms with Crippen LogP contribution in [-0.4, -0.2) is 5.97 Å². The second-order valence-electron chi connectivity index (χ2n) is 5.78. The summed E-state index contributed by atoms with van der Waals surface area (Å²) in [5.41, 5.74) is 2.00. The fourth-order valence-electron chi connectivity index (χ4n) is 2.88. The molecule has 2 aromatic rings. The van der Waals surface area contributed by atoms with Crippen LogP contribution in [0.25, 0.3) is 9.34 Å². The molecular formula is C20H19IO2. The molecule has 1 aliphatic carbocycles. The number of carbonyl (C=O) groups is 1. The van der Waals surface area contributed by atoms with Crippen molar-refractivity contribution in [1.82, 2.24) is 0 Å². The van der Waals surface area contributed by atoms with Gasteiger partial charge in [0.1, 0.15) is 0 Å². The van der Waals surface area contributed by atoms with E-state index in [9.17, 15) is 4.79 Å². The summed E-state index contributed by atoms with van der Waals surface area (Å²) in [6.45, 7) is 0. The van der Waals surface area contributed by atoms with Crippen LogP contribution in [0.5, 0.6) is 0 Å². The predicted octanol–water partition coefficient (Wildman–Crippen LogP) is 5.68. The summed E-state index contributed by atoms with van der Waals surface area (Å²) in [6, 6.07) is 19.9. The van der Waals surface area contributed by atoms with Gasteiger partial charge in [0, 0.05) is 5.56 Å². The first-order valence-electron chi connectivity index (χ1n) is 7.98. The van der Waals surface area contributed by atoms with Gasteiger partial charge in [0.15, 0.2) is 5.76 Å². The van der Waals surface area contributed by atoms with Gasteiger partial charge in [-0.3, -0.25) is 4.79 Å². The average molecular weight is 418 g/mol. The van der Waals surface area contributed by atoms with Crippen molar-refractivity contribution in [1.29, 1.82) is 0 Å². The maximum Gasteiger partial charge on any atom is 0.314 e. The van der Waals surface area contributed by atoms with E-state index in [4.69, 9.17) is 4.74 Å². The highest BCUT2D eigenvalue weighted by Gasteiger charge is 2.26. The smallest absolute Gasteiger partial charge is 0.314 e. The fourth-order valence-corrected chi connectivity index (χ4v) is 3.66. The highest BCUT2D eigenvalue weighted by molar-refractivity contribution is 14.1. The van der Waals surface area contributed by atoms with Crippen LogP contribution in [0.2, 0.25) is 0 Å². The van der Waals surface area contributed by atoms with Crippen molar-refractivity contribution in [3.8, 4) is 0 Å². The van der Waals surface area contributed by atoms with E-state index in [2.05, 4.69) is 22.6 Å². The molecule has 0 heterocycles. The summed E-state index contributed by atoms with van der Waals surface area (Å²) in [5, 5.41) is 0. The highest BCUT2D eigenvalue weighted by atomic mass is 127. The molecule has 1 saturated carbocycles. The lowest BCUT2D eigenvalue weighted by molar-refractivity contribution is -0.141. The number of hydrogen-bond donors (Lipinski definition) is 0. The first kappa shape index (κ1) is 16.2. The zero-order valence-electron chi connectivity index (χ0n) is 12.9. The topological polar surface area (TPSA) is 26.3 Å². The van der Waals surface area contributed by atoms with Crippen molar-refractivity contribution in [2.24, 2.45) is 5.92 Å². The van der Waals surface area contributed by atoms with Crippen molar-refractivity contribution in [3.05, 3.63) is 71.8 Å². The normalized spacial score (nSPS) is 16.0. The van der Waals surface area contributed by atoms with E-state index < -0.39 is 0 Å². The maximum atomic E-state index is 12.5. The minimum Gasteiger partial charge on any atom is -0.425 e. The fraction of sp³-hybridized carbons (Fsp3) is 0.250. The molecule has 0 unspecified atom stereocenters. The number of esters is 1. The summed E-state index contributed by atoms with van der Waals surface area (Å²) in [5.74, 6) is 0.620. The molecule has 23 heavy (non-hydrogen) atoms. The zero-order valence-corrected chi connectivity index (χ0v) is 15.0. The molecule has 0 spiro atoms. The Bertz CT molecular complexity index is 686. The second kappa shape index (κ2) is 7.77. The van der Waals surface area contributed by atoms with E-state index in [0.717, 1.165) is 40.4 Å². The molecule has 3 heteroatoms. The number of ether oxygens (including phenoxy) is 1. The molecular weight excluding hydrogens is 399 g/mol. The second-order valence-corrected chi connectivity index (χ2v) is 6.86. The van der Waals surface area contributed by atoms with Crippen LogP contribution in [0.3, 0.4) is 0 Å². The van der Waals surface area contributed by atoms with E-state index in [1.807, 2.05) is 60.7 Å². The van der Waals surface area contributed by atoms with Crippen molar-refractivity contribution in [2.75, 3.05) is 0 Å². The Labute approximate surface area is 150 Å². The number of halogens is 1. The Morgan fingerprint density at radius 3 is 1.96 bits per heavy atom. The first-order valence-corrected chi connectivity index (χ1v) is 9.06. The summed E-state index contributed by atoms with van der Waals surface area (Å²) < 4.78 is 6.83. The minimum atomic E-state index is -0.0912. The van der Waals surface area contributed by atoms with E-state index in [0.29, 0.717) is 5.76 Å². The molecule has 118 valence electrons. The average Bonchev–Trinajstić information content (AvgIpc) is 3.15. The van der Waals surface area contributed by atoms with Crippen LogP contribution in [0.15, 0.2) is 60.7 Å². The largest absolute Gasteiger partial charge is 0.425 e. The van der Waals surface area contributed by atoms with Crippen LogP contribution in [0.4, 0.5) is 0 Å². The lowest BCUT2D eigenvalue weighted by Gasteiger charge is -2.15. The molecule has 0 amide bonds. The van der Waals surface area contributed by atoms with Crippen LogP contribution < -0.4 is 0 Å². The Hall–Kier alpha value is -1.62. The lowest BCUT2D eigenvalue weighted by atomic mass is 10.1. The van der Waals surface area contributed by atoms with Crippen LogP contribution >= 0.6 is 22.6 Å². The minimum absolute atomic E-state index is 0.0497. The van der Waals surface area contributed by atoms with Gasteiger partial charge in [-0.1, -0.05) is 73.5 Å². The van der Waals surface area contributed by atoms with Crippen LogP contribution in [0, 0.1) is 5.92 Å². The SMILES string of the molecule is O=C(O/C(=C(/I)c1ccccc1)c1ccccc1)C1CCCC1. The highest BCUT2D eigenvalue weighted by Crippen LogP contribution is 2.35. The van der Waals surface area contributed by atoms with Gasteiger partial charge < -0.3 is 4.74 Å². The van der Waals surface area contributed by atoms with Gasteiger partial charge in [-0.05, 0) is 41.0 Å². The molecule has 0 saturated heterocycles. The molecule has 0 aliphatic heterocycles. The molecule has 2 nitrogen and oxygen atoms in total. The van der Waals surface area contributed by atoms with Gasteiger partial charge in [-0.2, -0.15) is 0 Å². The Kier molecular flexibility index (Phi) is 5.49. The molecule has 2 aromatic carbocycles. The molecule has 0 bridgehead atoms. The predicted molar refractivity (Wildman–Crippen MR) is 102 cm³/mol. The van der Waals surface area contributed by atoms with Gasteiger partial charge >= 0.3 is 5.97 Å². The van der Waals surface area contributed by atoms with Gasteiger partial charge in [0.2, 0.25) is 0 Å². The first-order chi connectivity index (χ1) is 11.3. The van der Waals surface area contributed by atoms with Crippen LogP contribution in [0.1, 0.15) is 36.8 Å². The van der Waals surface area contributed by atoms with Crippen molar-refractivity contribution < 1.29 is 9.53 Å². The van der Waals surface area contributed by atoms with E-state index in [1.165, 1.54) is 0 Å². The van der Waals surface area contributed by atoms with Crippen molar-refractivity contribution in [3.63, 3.8) is 0 Å². The third-order valence-electron chi connectivity index (χ3n) is 4.15. The van der Waals surface area contributed by atoms with Crippen LogP contribution in [-0.2, 0) is 9.53 Å². The molecule has 0 aromatic heterocycles. The number of benzene rings is 2. The van der Waals surface area contributed by atoms with E-state index in [-0.39, 0.29) is 11.9 Å². The summed E-state index contributed by atoms with van der Waals surface area (Å²) in [7, 11) is 0. The van der Waals surface area contributed by atoms with Gasteiger partial charge in [0.25, 0.3) is 0 Å². The summed E-state index contributed by atoms with van der Waals surface area (Å²) in [6.07, 6.45) is 4.14. The third-order valence-corrected chi connectivity index (χ3v) is 5.27. The third kappa shape index (κ3) is 4.02. The monoisotopic (exact) mass is 418 g/mol. The number of hydrogen-bond acceptors (Lipinski definition) is 2. The lowest BCUT2D eigenvalue weighted by Crippen LogP contribution is -2.14. The molecule has 3 rings (SSSR count). The molecule has 0 radical (unpaired) electrons. The molecule has 0 N–H and O–H groups in total. The number of carbonyl (C=O) groups excluding carboxylic acids is 1. The molecule has 1 fully saturated rings. The maximum absolute atomic E-state index is 12.5. The Morgan fingerprint density at radius 2 is 1.39 bits per heavy atom.